The summed E-state index contributed by atoms with van der Waals surface area (Å²) in [5.74, 6) is 2.34. The molecule has 13 rings (SSSR count). The van der Waals surface area contributed by atoms with Crippen molar-refractivity contribution in [3.8, 4) is 62.5 Å². The van der Waals surface area contributed by atoms with Crippen LogP contribution in [0.15, 0.2) is 203 Å². The van der Waals surface area contributed by atoms with Crippen LogP contribution >= 0.6 is 0 Å². The molecule has 8 heteroatoms. The Morgan fingerprint density at radius 2 is 0.937 bits per heavy atom. The summed E-state index contributed by atoms with van der Waals surface area (Å²) in [5, 5.41) is 4.97. The normalized spacial score (nSPS) is 11.8. The van der Waals surface area contributed by atoms with Gasteiger partial charge in [-0.1, -0.05) is 140 Å². The molecule has 5 heterocycles. The van der Waals surface area contributed by atoms with Gasteiger partial charge in [-0.15, -0.1) is 0 Å². The monoisotopic (exact) mass is 808 g/mol. The molecule has 63 heavy (non-hydrogen) atoms. The van der Waals surface area contributed by atoms with E-state index < -0.39 is 0 Å². The van der Waals surface area contributed by atoms with Gasteiger partial charge in [-0.25, -0.2) is 24.9 Å². The highest BCUT2D eigenvalue weighted by Gasteiger charge is 2.23. The molecule has 0 N–H and O–H groups in total. The van der Waals surface area contributed by atoms with E-state index in [2.05, 4.69) is 89.5 Å². The highest BCUT2D eigenvalue weighted by atomic mass is 16.3. The summed E-state index contributed by atoms with van der Waals surface area (Å²) in [6.45, 7) is 0. The zero-order chi connectivity index (χ0) is 41.4. The first-order valence-corrected chi connectivity index (χ1v) is 20.8. The molecule has 0 aliphatic carbocycles. The van der Waals surface area contributed by atoms with Crippen molar-refractivity contribution >= 4 is 65.8 Å². The Morgan fingerprint density at radius 1 is 0.349 bits per heavy atom. The SMILES string of the molecule is c1ccc(-c2nc(-c3cccc4oc5cc(-c6nc(-c7ccccc7)nc7c6oc6ccccc67)ccc5c34)nc(-c3cccc4c3c3ccccc3n4-c3ccccc3)n2)cc1. The van der Waals surface area contributed by atoms with E-state index in [9.17, 15) is 0 Å². The van der Waals surface area contributed by atoms with Crippen LogP contribution in [-0.4, -0.2) is 29.5 Å². The topological polar surface area (TPSA) is 95.7 Å². The van der Waals surface area contributed by atoms with Gasteiger partial charge in [-0.3, -0.25) is 0 Å². The van der Waals surface area contributed by atoms with E-state index in [1.165, 1.54) is 0 Å². The Hall–Kier alpha value is -8.75. The molecule has 5 aromatic heterocycles. The minimum absolute atomic E-state index is 0.548. The number of benzene rings is 8. The van der Waals surface area contributed by atoms with Gasteiger partial charge in [0, 0.05) is 60.4 Å². The molecule has 0 saturated heterocycles. The molecule has 0 amide bonds. The number of hydrogen-bond donors (Lipinski definition) is 0. The first-order chi connectivity index (χ1) is 31.2. The minimum Gasteiger partial charge on any atom is -0.456 e. The lowest BCUT2D eigenvalue weighted by Gasteiger charge is -2.11. The lowest BCUT2D eigenvalue weighted by atomic mass is 10.0. The predicted octanol–water partition coefficient (Wildman–Crippen LogP) is 13.9. The van der Waals surface area contributed by atoms with Crippen LogP contribution in [0.3, 0.4) is 0 Å². The number of nitrogens with zero attached hydrogens (tertiary/aromatic N) is 6. The molecule has 0 radical (unpaired) electrons. The van der Waals surface area contributed by atoms with Gasteiger partial charge in [0.05, 0.1) is 11.0 Å². The van der Waals surface area contributed by atoms with Gasteiger partial charge in [0.15, 0.2) is 28.9 Å². The fraction of sp³-hybridized carbons (Fsp3) is 0. The summed E-state index contributed by atoms with van der Waals surface area (Å²) in [6.07, 6.45) is 0. The number of rotatable bonds is 6. The standard InChI is InChI=1S/C55H32N6O2/c1-4-16-33(17-5-1)52-56-49(51-50(57-52)39-23-11-13-28-44(39)63-51)35-30-31-38-46(32-35)62-45-29-15-25-41(48(38)45)55-59-53(34-18-6-2-7-19-34)58-54(60-55)40-24-14-27-43-47(40)37-22-10-12-26-42(37)61(43)36-20-8-3-9-21-36/h1-32H. The van der Waals surface area contributed by atoms with Gasteiger partial charge in [0.2, 0.25) is 0 Å². The zero-order valence-electron chi connectivity index (χ0n) is 33.5. The lowest BCUT2D eigenvalue weighted by Crippen LogP contribution is -2.01. The molecular formula is C55H32N6O2. The first kappa shape index (κ1) is 35.0. The summed E-state index contributed by atoms with van der Waals surface area (Å²) in [4.78, 5) is 25.9. The summed E-state index contributed by atoms with van der Waals surface area (Å²) in [7, 11) is 0. The molecular weight excluding hydrogens is 777 g/mol. The van der Waals surface area contributed by atoms with Gasteiger partial charge in [-0.05, 0) is 54.6 Å². The van der Waals surface area contributed by atoms with Crippen LogP contribution in [0.25, 0.3) is 128 Å². The van der Waals surface area contributed by atoms with Gasteiger partial charge in [0.25, 0.3) is 0 Å². The third-order valence-electron chi connectivity index (χ3n) is 11.9. The molecule has 0 saturated carbocycles. The maximum absolute atomic E-state index is 6.70. The van der Waals surface area contributed by atoms with Crippen molar-refractivity contribution < 1.29 is 8.83 Å². The van der Waals surface area contributed by atoms with E-state index in [-0.39, 0.29) is 0 Å². The van der Waals surface area contributed by atoms with Crippen molar-refractivity contribution in [2.45, 2.75) is 0 Å². The summed E-state index contributed by atoms with van der Waals surface area (Å²) < 4.78 is 15.5. The van der Waals surface area contributed by atoms with Crippen LogP contribution in [0.5, 0.6) is 0 Å². The molecule has 0 spiro atoms. The van der Waals surface area contributed by atoms with E-state index in [1.54, 1.807) is 0 Å². The number of aromatic nitrogens is 6. The van der Waals surface area contributed by atoms with Crippen molar-refractivity contribution in [1.29, 1.82) is 0 Å². The van der Waals surface area contributed by atoms with Crippen LogP contribution in [0.1, 0.15) is 0 Å². The molecule has 0 bridgehead atoms. The molecule has 0 unspecified atom stereocenters. The van der Waals surface area contributed by atoms with Crippen LogP contribution in [-0.2, 0) is 0 Å². The van der Waals surface area contributed by atoms with Crippen LogP contribution in [0.4, 0.5) is 0 Å². The van der Waals surface area contributed by atoms with Crippen molar-refractivity contribution in [2.24, 2.45) is 0 Å². The Balaban J connectivity index is 1.02. The minimum atomic E-state index is 0.548. The Kier molecular flexibility index (Phi) is 7.74. The zero-order valence-corrected chi connectivity index (χ0v) is 33.5. The molecule has 13 aromatic rings. The van der Waals surface area contributed by atoms with Crippen molar-refractivity contribution in [1.82, 2.24) is 29.5 Å². The molecule has 0 fully saturated rings. The van der Waals surface area contributed by atoms with Gasteiger partial charge >= 0.3 is 0 Å². The molecule has 0 aliphatic heterocycles. The number of fused-ring (bicyclic) bond motifs is 9. The van der Waals surface area contributed by atoms with Crippen molar-refractivity contribution in [3.63, 3.8) is 0 Å². The highest BCUT2D eigenvalue weighted by Crippen LogP contribution is 2.42. The molecule has 294 valence electrons. The second kappa shape index (κ2) is 13.9. The molecule has 8 aromatic carbocycles. The molecule has 0 atom stereocenters. The first-order valence-electron chi connectivity index (χ1n) is 20.8. The van der Waals surface area contributed by atoms with Crippen LogP contribution in [0, 0.1) is 0 Å². The van der Waals surface area contributed by atoms with Gasteiger partial charge in [-0.2, -0.15) is 0 Å². The van der Waals surface area contributed by atoms with Crippen LogP contribution in [0.2, 0.25) is 0 Å². The maximum atomic E-state index is 6.70. The van der Waals surface area contributed by atoms with Gasteiger partial charge in [0.1, 0.15) is 28.0 Å². The fourth-order valence-electron chi connectivity index (χ4n) is 9.06. The number of para-hydroxylation sites is 3. The van der Waals surface area contributed by atoms with Gasteiger partial charge < -0.3 is 13.4 Å². The van der Waals surface area contributed by atoms with E-state index >= 15 is 0 Å². The van der Waals surface area contributed by atoms with E-state index in [0.29, 0.717) is 40.2 Å². The Morgan fingerprint density at radius 3 is 1.70 bits per heavy atom. The van der Waals surface area contributed by atoms with Crippen molar-refractivity contribution in [3.05, 3.63) is 194 Å². The average molecular weight is 809 g/mol. The summed E-state index contributed by atoms with van der Waals surface area (Å²) in [5.41, 5.74) is 12.0. The third kappa shape index (κ3) is 5.58. The number of hydrogen-bond acceptors (Lipinski definition) is 7. The average Bonchev–Trinajstić information content (AvgIpc) is 4.04. The quantitative estimate of drug-likeness (QED) is 0.165. The summed E-state index contributed by atoms with van der Waals surface area (Å²) in [6, 6.07) is 65.7. The van der Waals surface area contributed by atoms with Crippen molar-refractivity contribution in [2.75, 3.05) is 0 Å². The lowest BCUT2D eigenvalue weighted by molar-refractivity contribution is 0.666. The Bertz CT molecular complexity index is 3910. The second-order valence-electron chi connectivity index (χ2n) is 15.6. The predicted molar refractivity (Wildman–Crippen MR) is 251 cm³/mol. The second-order valence-corrected chi connectivity index (χ2v) is 15.6. The number of furan rings is 2. The van der Waals surface area contributed by atoms with E-state index in [1.807, 2.05) is 109 Å². The van der Waals surface area contributed by atoms with E-state index in [4.69, 9.17) is 33.8 Å². The highest BCUT2D eigenvalue weighted by molar-refractivity contribution is 6.16. The summed E-state index contributed by atoms with van der Waals surface area (Å²) >= 11 is 0. The largest absolute Gasteiger partial charge is 0.456 e. The Labute approximate surface area is 359 Å². The maximum Gasteiger partial charge on any atom is 0.180 e. The third-order valence-corrected chi connectivity index (χ3v) is 11.9. The van der Waals surface area contributed by atoms with Crippen LogP contribution < -0.4 is 0 Å². The smallest absolute Gasteiger partial charge is 0.180 e. The molecule has 8 nitrogen and oxygen atoms in total. The molecule has 0 aliphatic rings. The fourth-order valence-corrected chi connectivity index (χ4v) is 9.06. The van der Waals surface area contributed by atoms with E-state index in [0.717, 1.165) is 88.2 Å².